The van der Waals surface area contributed by atoms with Gasteiger partial charge in [-0.05, 0) is 44.5 Å². The molecule has 0 saturated carbocycles. The third-order valence-electron chi connectivity index (χ3n) is 5.05. The van der Waals surface area contributed by atoms with Crippen LogP contribution in [0.25, 0.3) is 5.69 Å². The van der Waals surface area contributed by atoms with Gasteiger partial charge in [0.1, 0.15) is 13.2 Å². The summed E-state index contributed by atoms with van der Waals surface area (Å²) < 4.78 is 44.8. The highest BCUT2D eigenvalue weighted by Gasteiger charge is 2.30. The van der Waals surface area contributed by atoms with Gasteiger partial charge in [0, 0.05) is 23.2 Å². The number of halogens is 3. The van der Waals surface area contributed by atoms with Crippen molar-refractivity contribution in [1.82, 2.24) is 15.1 Å². The van der Waals surface area contributed by atoms with Crippen molar-refractivity contribution in [2.45, 2.75) is 38.4 Å². The monoisotopic (exact) mass is 437 g/mol. The fourth-order valence-corrected chi connectivity index (χ4v) is 3.73. The van der Waals surface area contributed by atoms with Gasteiger partial charge >= 0.3 is 12.1 Å². The first-order valence-corrected chi connectivity index (χ1v) is 9.57. The number of hydrogen-bond donors (Lipinski definition) is 2. The normalized spacial score (nSPS) is 18.4. The van der Waals surface area contributed by atoms with Gasteiger partial charge in [0.05, 0.1) is 16.9 Å². The highest BCUT2D eigenvalue weighted by Crippen LogP contribution is 2.34. The molecule has 31 heavy (non-hydrogen) atoms. The summed E-state index contributed by atoms with van der Waals surface area (Å²) in [6, 6.07) is 4.59. The van der Waals surface area contributed by atoms with Crippen LogP contribution in [0.4, 0.5) is 13.2 Å². The lowest BCUT2D eigenvalue weighted by Crippen LogP contribution is -2.35. The van der Waals surface area contributed by atoms with Gasteiger partial charge in [-0.25, -0.2) is 9.48 Å². The molecule has 3 rings (SSSR count). The zero-order chi connectivity index (χ0) is 22.8. The number of aryl methyl sites for hydroxylation is 1. The molecule has 0 spiro atoms. The summed E-state index contributed by atoms with van der Waals surface area (Å²) in [5.74, 6) is -1.58. The average molecular weight is 437 g/mol. The summed E-state index contributed by atoms with van der Waals surface area (Å²) >= 11 is 0. The fraction of sp³-hybridized carbons (Fsp3) is 0.381. The molecule has 1 heterocycles. The number of aromatic nitrogens is 2. The van der Waals surface area contributed by atoms with E-state index in [9.17, 15) is 22.8 Å². The minimum atomic E-state index is -4.40. The number of allylic oxidation sites excluding steroid dienone is 1. The van der Waals surface area contributed by atoms with Crippen LogP contribution in [0.3, 0.4) is 0 Å². The van der Waals surface area contributed by atoms with E-state index < -0.39 is 30.2 Å². The molecule has 1 aliphatic carbocycles. The molecule has 0 saturated heterocycles. The van der Waals surface area contributed by atoms with Crippen molar-refractivity contribution >= 4 is 11.9 Å². The predicted molar refractivity (Wildman–Crippen MR) is 105 cm³/mol. The van der Waals surface area contributed by atoms with Crippen molar-refractivity contribution in [2.75, 3.05) is 13.2 Å². The molecule has 2 atom stereocenters. The van der Waals surface area contributed by atoms with Crippen molar-refractivity contribution < 1.29 is 32.6 Å². The average Bonchev–Trinajstić information content (AvgIpc) is 3.24. The summed E-state index contributed by atoms with van der Waals surface area (Å²) in [7, 11) is 0. The number of carboxylic acid groups (broad SMARTS) is 1. The zero-order valence-electron chi connectivity index (χ0n) is 16.9. The van der Waals surface area contributed by atoms with Crippen molar-refractivity contribution in [3.8, 4) is 5.69 Å². The number of amides is 1. The molecule has 1 aromatic heterocycles. The van der Waals surface area contributed by atoms with Crippen LogP contribution in [-0.4, -0.2) is 46.0 Å². The van der Waals surface area contributed by atoms with Gasteiger partial charge < -0.3 is 15.2 Å². The Morgan fingerprint density at radius 3 is 2.48 bits per heavy atom. The molecule has 0 unspecified atom stereocenters. The molecule has 166 valence electrons. The Morgan fingerprint density at radius 2 is 1.87 bits per heavy atom. The van der Waals surface area contributed by atoms with Crippen molar-refractivity contribution in [2.24, 2.45) is 0 Å². The number of carbonyl (C=O) groups is 2. The van der Waals surface area contributed by atoms with Gasteiger partial charge in [-0.2, -0.15) is 18.3 Å². The van der Waals surface area contributed by atoms with E-state index in [1.165, 1.54) is 12.1 Å². The van der Waals surface area contributed by atoms with E-state index in [0.717, 1.165) is 29.1 Å². The topological polar surface area (TPSA) is 93.5 Å². The lowest BCUT2D eigenvalue weighted by molar-refractivity contribution is -0.143. The first-order chi connectivity index (χ1) is 14.6. The molecule has 1 aromatic carbocycles. The number of alkyl halides is 3. The molecule has 2 N–H and O–H groups in total. The number of ether oxygens (including phenoxy) is 1. The van der Waals surface area contributed by atoms with Gasteiger partial charge in [0.25, 0.3) is 0 Å². The van der Waals surface area contributed by atoms with Crippen LogP contribution in [0.15, 0.2) is 36.4 Å². The third-order valence-corrected chi connectivity index (χ3v) is 5.05. The summed E-state index contributed by atoms with van der Waals surface area (Å²) in [6.07, 6.45) is 0.00183. The maximum absolute atomic E-state index is 12.8. The van der Waals surface area contributed by atoms with Gasteiger partial charge in [0.15, 0.2) is 0 Å². The molecule has 0 radical (unpaired) electrons. The lowest BCUT2D eigenvalue weighted by Gasteiger charge is -2.15. The van der Waals surface area contributed by atoms with Crippen LogP contribution in [0.5, 0.6) is 0 Å². The van der Waals surface area contributed by atoms with Gasteiger partial charge in [0.2, 0.25) is 5.91 Å². The Kier molecular flexibility index (Phi) is 6.49. The van der Waals surface area contributed by atoms with Crippen LogP contribution < -0.4 is 5.32 Å². The fourth-order valence-electron chi connectivity index (χ4n) is 3.73. The van der Waals surface area contributed by atoms with Gasteiger partial charge in [-0.3, -0.25) is 4.79 Å². The molecule has 7 nitrogen and oxygen atoms in total. The molecule has 1 amide bonds. The van der Waals surface area contributed by atoms with Crippen LogP contribution in [0.1, 0.15) is 34.9 Å². The Labute approximate surface area is 176 Å². The van der Waals surface area contributed by atoms with Crippen molar-refractivity contribution in [1.29, 1.82) is 0 Å². The highest BCUT2D eigenvalue weighted by molar-refractivity contribution is 5.78. The van der Waals surface area contributed by atoms with Gasteiger partial charge in [-0.1, -0.05) is 12.2 Å². The summed E-state index contributed by atoms with van der Waals surface area (Å²) in [6.45, 7) is 2.80. The number of hydrogen-bond acceptors (Lipinski definition) is 4. The van der Waals surface area contributed by atoms with E-state index in [4.69, 9.17) is 9.84 Å². The van der Waals surface area contributed by atoms with Crippen LogP contribution in [-0.2, 0) is 20.5 Å². The summed E-state index contributed by atoms with van der Waals surface area (Å²) in [4.78, 5) is 22.3. The predicted octanol–water partition coefficient (Wildman–Crippen LogP) is 3.14. The second-order valence-electron chi connectivity index (χ2n) is 7.33. The first kappa shape index (κ1) is 22.5. The first-order valence-electron chi connectivity index (χ1n) is 9.57. The Bertz CT molecular complexity index is 997. The minimum absolute atomic E-state index is 0.0200. The summed E-state index contributed by atoms with van der Waals surface area (Å²) in [5.41, 5.74) is 2.33. The summed E-state index contributed by atoms with van der Waals surface area (Å²) in [5, 5.41) is 15.8. The molecule has 0 aliphatic heterocycles. The Hall–Kier alpha value is -3.14. The van der Waals surface area contributed by atoms with Crippen LogP contribution >= 0.6 is 0 Å². The van der Waals surface area contributed by atoms with E-state index in [0.29, 0.717) is 12.1 Å². The SMILES string of the molecule is Cc1nn(-c2ccc(C(F)(F)F)cc2)c(C)c1[C@@H]1C=C[C@@H](NC(=O)COCC(=O)O)C1. The largest absolute Gasteiger partial charge is 0.480 e. The number of aliphatic carboxylic acids is 1. The molecule has 0 fully saturated rings. The van der Waals surface area contributed by atoms with Gasteiger partial charge in [-0.15, -0.1) is 0 Å². The maximum Gasteiger partial charge on any atom is 0.416 e. The number of nitrogens with zero attached hydrogens (tertiary/aromatic N) is 2. The lowest BCUT2D eigenvalue weighted by atomic mass is 9.96. The standard InChI is InChI=1S/C21H22F3N3O4/c1-12-20(14-3-6-16(9-14)25-18(28)10-31-11-19(29)30)13(2)27(26-12)17-7-4-15(5-8-17)21(22,23)24/h3-8,14,16H,9-11H2,1-2H3,(H,25,28)(H,29,30)/t14-,16-/m1/s1. The molecule has 1 aliphatic rings. The Balaban J connectivity index is 1.68. The zero-order valence-corrected chi connectivity index (χ0v) is 16.9. The number of rotatable bonds is 7. The van der Waals surface area contributed by atoms with Crippen molar-refractivity contribution in [3.05, 3.63) is 58.9 Å². The van der Waals surface area contributed by atoms with E-state index >= 15 is 0 Å². The number of carboxylic acids is 1. The number of carbonyl (C=O) groups excluding carboxylic acids is 1. The van der Waals surface area contributed by atoms with Crippen LogP contribution in [0.2, 0.25) is 0 Å². The van der Waals surface area contributed by atoms with Crippen LogP contribution in [0, 0.1) is 13.8 Å². The molecular weight excluding hydrogens is 415 g/mol. The van der Waals surface area contributed by atoms with E-state index in [2.05, 4.69) is 10.4 Å². The molecule has 10 heteroatoms. The smallest absolute Gasteiger partial charge is 0.416 e. The van der Waals surface area contributed by atoms with Crippen molar-refractivity contribution in [3.63, 3.8) is 0 Å². The minimum Gasteiger partial charge on any atom is -0.480 e. The van der Waals surface area contributed by atoms with E-state index in [-0.39, 0.29) is 18.6 Å². The number of nitrogens with one attached hydrogen (secondary N) is 1. The van der Waals surface area contributed by atoms with E-state index in [1.54, 1.807) is 4.68 Å². The third kappa shape index (κ3) is 5.32. The molecule has 0 bridgehead atoms. The molecular formula is C21H22F3N3O4. The number of benzene rings is 1. The quantitative estimate of drug-likeness (QED) is 0.650. The Morgan fingerprint density at radius 1 is 1.19 bits per heavy atom. The molecule has 2 aromatic rings. The maximum atomic E-state index is 12.8. The second-order valence-corrected chi connectivity index (χ2v) is 7.33. The second kappa shape index (κ2) is 8.93. The van der Waals surface area contributed by atoms with E-state index in [1.807, 2.05) is 26.0 Å². The highest BCUT2D eigenvalue weighted by atomic mass is 19.4.